The molecule has 1 aliphatic rings. The second kappa shape index (κ2) is 9.75. The number of carbonyl (C=O) groups is 3. The average molecular weight is 378 g/mol. The minimum absolute atomic E-state index is 0.128. The first-order chi connectivity index (χ1) is 12.1. The van der Waals surface area contributed by atoms with Gasteiger partial charge in [-0.3, -0.25) is 14.4 Å². The van der Waals surface area contributed by atoms with Crippen LogP contribution in [0.15, 0.2) is 0 Å². The summed E-state index contributed by atoms with van der Waals surface area (Å²) in [4.78, 5) is 35.1. The molecular weight excluding hydrogens is 352 g/mol. The van der Waals surface area contributed by atoms with Crippen molar-refractivity contribution in [3.8, 4) is 0 Å². The number of primary amides is 1. The lowest BCUT2D eigenvalue weighted by Crippen LogP contribution is -2.64. The van der Waals surface area contributed by atoms with Crippen LogP contribution in [0.4, 0.5) is 0 Å². The van der Waals surface area contributed by atoms with Crippen LogP contribution in [0.25, 0.3) is 0 Å². The summed E-state index contributed by atoms with van der Waals surface area (Å²) in [5.41, 5.74) is 10.5. The molecule has 10 N–H and O–H groups in total. The predicted octanol–water partition coefficient (Wildman–Crippen LogP) is -5.00. The van der Waals surface area contributed by atoms with Gasteiger partial charge in [-0.05, 0) is 13.3 Å². The van der Waals surface area contributed by atoms with Gasteiger partial charge >= 0.3 is 0 Å². The maximum absolute atomic E-state index is 12.4. The highest BCUT2D eigenvalue weighted by Gasteiger charge is 2.44. The maximum Gasteiger partial charge on any atom is 0.244 e. The second-order valence-corrected chi connectivity index (χ2v) is 6.11. The highest BCUT2D eigenvalue weighted by atomic mass is 16.6. The maximum atomic E-state index is 12.4. The molecule has 26 heavy (non-hydrogen) atoms. The lowest BCUT2D eigenvalue weighted by atomic mass is 9.98. The molecule has 1 rings (SSSR count). The molecule has 12 nitrogen and oxygen atoms in total. The van der Waals surface area contributed by atoms with Gasteiger partial charge < -0.3 is 47.3 Å². The fourth-order valence-corrected chi connectivity index (χ4v) is 2.32. The minimum atomic E-state index is -1.68. The standard InChI is InChI=1S/C14H26N4O8/c1-5(15)12(24)17-6(2-3-8(16)20)13(25)18-14-11(23)10(22)9(21)7(4-19)26-14/h5-7,9-11,14,19,21-23H,2-4,15H2,1H3,(H2,16,20)(H,17,24)(H,18,25)/t5-,6+,7-,9-,10+,11+,14-/m1/s1. The van der Waals surface area contributed by atoms with Crippen LogP contribution in [0.1, 0.15) is 19.8 Å². The van der Waals surface area contributed by atoms with Crippen LogP contribution in [-0.4, -0.2) is 87.5 Å². The van der Waals surface area contributed by atoms with Crippen molar-refractivity contribution in [2.45, 2.75) is 62.5 Å². The Bertz CT molecular complexity index is 515. The molecule has 0 aromatic rings. The first-order valence-corrected chi connectivity index (χ1v) is 8.03. The third kappa shape index (κ3) is 5.86. The molecule has 1 saturated heterocycles. The number of aliphatic hydroxyl groups is 4. The molecule has 0 unspecified atom stereocenters. The first-order valence-electron chi connectivity index (χ1n) is 8.03. The van der Waals surface area contributed by atoms with Crippen molar-refractivity contribution in [3.05, 3.63) is 0 Å². The molecule has 150 valence electrons. The number of rotatable bonds is 8. The van der Waals surface area contributed by atoms with E-state index >= 15 is 0 Å². The molecule has 0 saturated carbocycles. The average Bonchev–Trinajstić information content (AvgIpc) is 2.58. The number of nitrogens with one attached hydrogen (secondary N) is 2. The van der Waals surface area contributed by atoms with Gasteiger partial charge in [0.25, 0.3) is 0 Å². The molecule has 0 aliphatic carbocycles. The highest BCUT2D eigenvalue weighted by Crippen LogP contribution is 2.19. The van der Waals surface area contributed by atoms with Crippen molar-refractivity contribution in [2.24, 2.45) is 11.5 Å². The van der Waals surface area contributed by atoms with Gasteiger partial charge in [0.1, 0.15) is 30.5 Å². The number of nitrogens with two attached hydrogens (primary N) is 2. The van der Waals surface area contributed by atoms with Crippen molar-refractivity contribution >= 4 is 17.7 Å². The Kier molecular flexibility index (Phi) is 8.33. The van der Waals surface area contributed by atoms with E-state index < -0.39 is 67.1 Å². The molecule has 3 amide bonds. The summed E-state index contributed by atoms with van der Waals surface area (Å²) in [5.74, 6) is -2.17. The molecule has 0 aromatic heterocycles. The third-order valence-electron chi connectivity index (χ3n) is 3.90. The van der Waals surface area contributed by atoms with E-state index in [0.29, 0.717) is 0 Å². The van der Waals surface area contributed by atoms with Crippen molar-refractivity contribution in [1.29, 1.82) is 0 Å². The summed E-state index contributed by atoms with van der Waals surface area (Å²) in [6.07, 6.45) is -7.93. The molecule has 0 aromatic carbocycles. The predicted molar refractivity (Wildman–Crippen MR) is 85.9 cm³/mol. The van der Waals surface area contributed by atoms with Gasteiger partial charge in [0.05, 0.1) is 12.6 Å². The van der Waals surface area contributed by atoms with E-state index in [1.54, 1.807) is 0 Å². The quantitative estimate of drug-likeness (QED) is 0.202. The molecule has 0 bridgehead atoms. The van der Waals surface area contributed by atoms with Crippen LogP contribution < -0.4 is 22.1 Å². The number of hydrogen-bond donors (Lipinski definition) is 8. The molecule has 1 aliphatic heterocycles. The topological polar surface area (TPSA) is 217 Å². The van der Waals surface area contributed by atoms with Gasteiger partial charge in [-0.25, -0.2) is 0 Å². The monoisotopic (exact) mass is 378 g/mol. The highest BCUT2D eigenvalue weighted by molar-refractivity contribution is 5.90. The summed E-state index contributed by atoms with van der Waals surface area (Å²) in [7, 11) is 0. The molecule has 1 fully saturated rings. The fraction of sp³-hybridized carbons (Fsp3) is 0.786. The normalized spacial score (nSPS) is 30.9. The number of ether oxygens (including phenoxy) is 1. The number of aliphatic hydroxyl groups excluding tert-OH is 4. The van der Waals surface area contributed by atoms with Gasteiger partial charge in [0.15, 0.2) is 6.23 Å². The van der Waals surface area contributed by atoms with Crippen LogP contribution in [0.5, 0.6) is 0 Å². The van der Waals surface area contributed by atoms with Gasteiger partial charge in [0, 0.05) is 6.42 Å². The van der Waals surface area contributed by atoms with Gasteiger partial charge in [-0.15, -0.1) is 0 Å². The molecule has 1 heterocycles. The smallest absolute Gasteiger partial charge is 0.244 e. The Balaban J connectivity index is 2.82. The Morgan fingerprint density at radius 2 is 1.73 bits per heavy atom. The van der Waals surface area contributed by atoms with Gasteiger partial charge in [-0.2, -0.15) is 0 Å². The van der Waals surface area contributed by atoms with E-state index in [9.17, 15) is 29.7 Å². The molecular formula is C14H26N4O8. The Hall–Kier alpha value is -1.83. The minimum Gasteiger partial charge on any atom is -0.394 e. The van der Waals surface area contributed by atoms with Crippen molar-refractivity contribution < 1.29 is 39.5 Å². The summed E-state index contributed by atoms with van der Waals surface area (Å²) in [6, 6.07) is -2.11. The van der Waals surface area contributed by atoms with E-state index in [1.807, 2.05) is 0 Å². The van der Waals surface area contributed by atoms with Crippen molar-refractivity contribution in [1.82, 2.24) is 10.6 Å². The van der Waals surface area contributed by atoms with E-state index in [-0.39, 0.29) is 12.8 Å². The Morgan fingerprint density at radius 1 is 1.12 bits per heavy atom. The van der Waals surface area contributed by atoms with Gasteiger partial charge in [-0.1, -0.05) is 0 Å². The first kappa shape index (κ1) is 22.2. The summed E-state index contributed by atoms with van der Waals surface area (Å²) >= 11 is 0. The van der Waals surface area contributed by atoms with Crippen LogP contribution in [-0.2, 0) is 19.1 Å². The van der Waals surface area contributed by atoms with Crippen LogP contribution in [0.3, 0.4) is 0 Å². The number of carbonyl (C=O) groups excluding carboxylic acids is 3. The molecule has 12 heteroatoms. The zero-order valence-corrected chi connectivity index (χ0v) is 14.2. The molecule has 7 atom stereocenters. The van der Waals surface area contributed by atoms with Crippen molar-refractivity contribution in [2.75, 3.05) is 6.61 Å². The lowest BCUT2D eigenvalue weighted by molar-refractivity contribution is -0.236. The van der Waals surface area contributed by atoms with Gasteiger partial charge in [0.2, 0.25) is 17.7 Å². The lowest BCUT2D eigenvalue weighted by Gasteiger charge is -2.40. The number of amides is 3. The molecule has 0 radical (unpaired) electrons. The summed E-state index contributed by atoms with van der Waals surface area (Å²) < 4.78 is 5.16. The zero-order chi connectivity index (χ0) is 20.0. The van der Waals surface area contributed by atoms with Crippen LogP contribution in [0.2, 0.25) is 0 Å². The van der Waals surface area contributed by atoms with E-state index in [2.05, 4.69) is 10.6 Å². The summed E-state index contributed by atoms with van der Waals surface area (Å²) in [5, 5.41) is 43.1. The Labute approximate surface area is 149 Å². The SMILES string of the molecule is C[C@@H](N)C(=O)N[C@@H](CCC(N)=O)C(=O)N[C@@H]1O[C@H](CO)[C@@H](O)[C@H](O)[C@@H]1O. The van der Waals surface area contributed by atoms with E-state index in [0.717, 1.165) is 0 Å². The van der Waals surface area contributed by atoms with Crippen molar-refractivity contribution in [3.63, 3.8) is 0 Å². The summed E-state index contributed by atoms with van der Waals surface area (Å²) in [6.45, 7) is 0.736. The second-order valence-electron chi connectivity index (χ2n) is 6.11. The number of hydrogen-bond acceptors (Lipinski definition) is 9. The Morgan fingerprint density at radius 3 is 2.23 bits per heavy atom. The van der Waals surface area contributed by atoms with E-state index in [4.69, 9.17) is 21.3 Å². The zero-order valence-electron chi connectivity index (χ0n) is 14.2. The third-order valence-corrected chi connectivity index (χ3v) is 3.90. The van der Waals surface area contributed by atoms with E-state index in [1.165, 1.54) is 6.92 Å². The largest absolute Gasteiger partial charge is 0.394 e. The van der Waals surface area contributed by atoms with Crippen LogP contribution in [0, 0.1) is 0 Å². The van der Waals surface area contributed by atoms with Crippen LogP contribution >= 0.6 is 0 Å². The molecule has 0 spiro atoms. The fourth-order valence-electron chi connectivity index (χ4n) is 2.32.